The Kier molecular flexibility index (Phi) is 6.36. The summed E-state index contributed by atoms with van der Waals surface area (Å²) < 4.78 is 18.2. The molecule has 0 radical (unpaired) electrons. The number of hydrogen-bond acceptors (Lipinski definition) is 9. The lowest BCUT2D eigenvalue weighted by Crippen LogP contribution is -2.43. The van der Waals surface area contributed by atoms with Gasteiger partial charge in [-0.15, -0.1) is 5.10 Å². The van der Waals surface area contributed by atoms with E-state index in [1.165, 1.54) is 0 Å². The Bertz CT molecular complexity index is 1180. The number of rotatable bonds is 7. The van der Waals surface area contributed by atoms with Crippen LogP contribution in [0.2, 0.25) is 0 Å². The van der Waals surface area contributed by atoms with Gasteiger partial charge in [-0.1, -0.05) is 5.10 Å². The molecule has 1 N–H and O–H groups in total. The van der Waals surface area contributed by atoms with E-state index in [9.17, 15) is 4.79 Å². The zero-order valence-corrected chi connectivity index (χ0v) is 18.7. The van der Waals surface area contributed by atoms with Gasteiger partial charge in [-0.2, -0.15) is 0 Å². The highest BCUT2D eigenvalue weighted by atomic mass is 16.6. The smallest absolute Gasteiger partial charge is 0.366 e. The molecule has 5 rings (SSSR count). The molecule has 10 nitrogen and oxygen atoms in total. The van der Waals surface area contributed by atoms with Crippen LogP contribution in [0.3, 0.4) is 0 Å². The van der Waals surface area contributed by atoms with Crippen molar-refractivity contribution in [3.8, 4) is 17.2 Å². The summed E-state index contributed by atoms with van der Waals surface area (Å²) in [7, 11) is 1.61. The van der Waals surface area contributed by atoms with E-state index in [4.69, 9.17) is 14.2 Å². The zero-order chi connectivity index (χ0) is 22.6. The van der Waals surface area contributed by atoms with Gasteiger partial charge >= 0.3 is 5.69 Å². The van der Waals surface area contributed by atoms with Crippen LogP contribution in [0.1, 0.15) is 18.5 Å². The van der Waals surface area contributed by atoms with Gasteiger partial charge in [0.15, 0.2) is 11.5 Å². The maximum absolute atomic E-state index is 12.4. The fraction of sp³-hybridized carbons (Fsp3) is 0.478. The number of ether oxygens (including phenoxy) is 3. The standard InChI is InChI=1S/C23H28N6O4/c1-31-18-2-3-19-20(13-18)29(23(30)27-26-19)9-8-28-6-4-16(5-7-28)24-14-17-12-21-22(15-25-17)33-11-10-32-21/h2-3,12-13,15-16,24H,4-11,14H2,1H3. The SMILES string of the molecule is COc1ccc2nnc(=O)n(CCN3CCC(NCc4cc5c(cn4)OCCO5)CC3)c2c1. The molecule has 0 spiro atoms. The Balaban J connectivity index is 1.13. The summed E-state index contributed by atoms with van der Waals surface area (Å²) >= 11 is 0. The van der Waals surface area contributed by atoms with Crippen LogP contribution in [0, 0.1) is 0 Å². The second-order valence-corrected chi connectivity index (χ2v) is 8.30. The van der Waals surface area contributed by atoms with Crippen LogP contribution in [0.25, 0.3) is 11.0 Å². The average molecular weight is 453 g/mol. The maximum Gasteiger partial charge on any atom is 0.366 e. The molecule has 1 aromatic carbocycles. The van der Waals surface area contributed by atoms with Crippen molar-refractivity contribution in [2.45, 2.75) is 32.0 Å². The van der Waals surface area contributed by atoms with Crippen molar-refractivity contribution in [2.75, 3.05) is 40.0 Å². The van der Waals surface area contributed by atoms with E-state index in [1.54, 1.807) is 17.9 Å². The summed E-state index contributed by atoms with van der Waals surface area (Å²) in [5.41, 5.74) is 2.05. The Labute approximate surface area is 191 Å². The van der Waals surface area contributed by atoms with Crippen LogP contribution in [0.15, 0.2) is 35.3 Å². The van der Waals surface area contributed by atoms with Crippen LogP contribution in [-0.4, -0.2) is 70.6 Å². The first-order valence-corrected chi connectivity index (χ1v) is 11.3. The van der Waals surface area contributed by atoms with E-state index in [0.717, 1.165) is 49.4 Å². The Morgan fingerprint density at radius 3 is 2.73 bits per heavy atom. The highest BCUT2D eigenvalue weighted by Gasteiger charge is 2.20. The summed E-state index contributed by atoms with van der Waals surface area (Å²) in [6.45, 7) is 5.15. The van der Waals surface area contributed by atoms with Crippen molar-refractivity contribution in [1.29, 1.82) is 0 Å². The number of methoxy groups -OCH3 is 1. The highest BCUT2D eigenvalue weighted by Crippen LogP contribution is 2.29. The van der Waals surface area contributed by atoms with Crippen LogP contribution in [0.4, 0.5) is 0 Å². The molecule has 2 aliphatic heterocycles. The van der Waals surface area contributed by atoms with Crippen LogP contribution >= 0.6 is 0 Å². The van der Waals surface area contributed by atoms with Gasteiger partial charge in [0, 0.05) is 37.8 Å². The highest BCUT2D eigenvalue weighted by molar-refractivity contribution is 5.75. The van der Waals surface area contributed by atoms with Crippen molar-refractivity contribution in [3.05, 3.63) is 46.6 Å². The molecule has 0 saturated carbocycles. The van der Waals surface area contributed by atoms with Crippen molar-refractivity contribution < 1.29 is 14.2 Å². The van der Waals surface area contributed by atoms with Crippen LogP contribution in [-0.2, 0) is 13.1 Å². The summed E-state index contributed by atoms with van der Waals surface area (Å²) in [5, 5.41) is 11.4. The van der Waals surface area contributed by atoms with Gasteiger partial charge in [0.2, 0.25) is 0 Å². The Morgan fingerprint density at radius 2 is 1.91 bits per heavy atom. The molecule has 4 heterocycles. The van der Waals surface area contributed by atoms with Crippen LogP contribution in [0.5, 0.6) is 17.2 Å². The third-order valence-electron chi connectivity index (χ3n) is 6.23. The third-order valence-corrected chi connectivity index (χ3v) is 6.23. The molecule has 174 valence electrons. The lowest BCUT2D eigenvalue weighted by molar-refractivity contribution is 0.170. The number of piperidine rings is 1. The summed E-state index contributed by atoms with van der Waals surface area (Å²) in [6, 6.07) is 7.88. The van der Waals surface area contributed by atoms with Gasteiger partial charge in [0.25, 0.3) is 0 Å². The first-order valence-electron chi connectivity index (χ1n) is 11.3. The number of likely N-dealkylation sites (tertiary alicyclic amines) is 1. The van der Waals surface area contributed by atoms with E-state index < -0.39 is 0 Å². The summed E-state index contributed by atoms with van der Waals surface area (Å²) in [4.78, 5) is 19.2. The number of pyridine rings is 1. The molecule has 0 unspecified atom stereocenters. The van der Waals surface area contributed by atoms with E-state index in [2.05, 4.69) is 25.4 Å². The number of nitrogens with one attached hydrogen (secondary N) is 1. The molecule has 2 aromatic heterocycles. The van der Waals surface area contributed by atoms with Crippen molar-refractivity contribution in [2.24, 2.45) is 0 Å². The zero-order valence-electron chi connectivity index (χ0n) is 18.7. The van der Waals surface area contributed by atoms with Gasteiger partial charge < -0.3 is 24.4 Å². The molecule has 1 fully saturated rings. The number of nitrogens with zero attached hydrogens (tertiary/aromatic N) is 5. The molecule has 0 bridgehead atoms. The average Bonchev–Trinajstić information content (AvgIpc) is 2.87. The number of fused-ring (bicyclic) bond motifs is 2. The fourth-order valence-electron chi connectivity index (χ4n) is 4.34. The van der Waals surface area contributed by atoms with E-state index in [1.807, 2.05) is 24.3 Å². The topological polar surface area (TPSA) is 104 Å². The number of benzene rings is 1. The Morgan fingerprint density at radius 1 is 1.09 bits per heavy atom. The number of aromatic nitrogens is 4. The van der Waals surface area contributed by atoms with Gasteiger partial charge in [0.1, 0.15) is 24.5 Å². The molecule has 10 heteroatoms. The molecule has 1 saturated heterocycles. The molecule has 2 aliphatic rings. The van der Waals surface area contributed by atoms with E-state index in [0.29, 0.717) is 49.4 Å². The molecular formula is C23H28N6O4. The van der Waals surface area contributed by atoms with Gasteiger partial charge in [-0.25, -0.2) is 4.79 Å². The molecule has 0 amide bonds. The fourth-order valence-corrected chi connectivity index (χ4v) is 4.34. The maximum atomic E-state index is 12.4. The number of hydrogen-bond donors (Lipinski definition) is 1. The molecule has 3 aromatic rings. The van der Waals surface area contributed by atoms with E-state index >= 15 is 0 Å². The normalized spacial score (nSPS) is 16.8. The first kappa shape index (κ1) is 21.6. The van der Waals surface area contributed by atoms with Crippen LogP contribution < -0.4 is 25.2 Å². The van der Waals surface area contributed by atoms with Crippen molar-refractivity contribution >= 4 is 11.0 Å². The monoisotopic (exact) mass is 452 g/mol. The predicted molar refractivity (Wildman–Crippen MR) is 122 cm³/mol. The second kappa shape index (κ2) is 9.72. The minimum Gasteiger partial charge on any atom is -0.497 e. The lowest BCUT2D eigenvalue weighted by atomic mass is 10.0. The quantitative estimate of drug-likeness (QED) is 0.567. The van der Waals surface area contributed by atoms with E-state index in [-0.39, 0.29) is 5.69 Å². The lowest BCUT2D eigenvalue weighted by Gasteiger charge is -2.32. The molecule has 0 atom stereocenters. The first-order chi connectivity index (χ1) is 16.2. The predicted octanol–water partition coefficient (Wildman–Crippen LogP) is 1.22. The van der Waals surface area contributed by atoms with Crippen molar-refractivity contribution in [1.82, 2.24) is 30.0 Å². The summed E-state index contributed by atoms with van der Waals surface area (Å²) in [5.74, 6) is 2.19. The van der Waals surface area contributed by atoms with Crippen molar-refractivity contribution in [3.63, 3.8) is 0 Å². The second-order valence-electron chi connectivity index (χ2n) is 8.30. The largest absolute Gasteiger partial charge is 0.497 e. The minimum atomic E-state index is -0.334. The third kappa shape index (κ3) is 4.91. The minimum absolute atomic E-state index is 0.334. The van der Waals surface area contributed by atoms with Gasteiger partial charge in [-0.05, 0) is 38.1 Å². The Hall–Kier alpha value is -3.24. The molecule has 0 aliphatic carbocycles. The van der Waals surface area contributed by atoms with Gasteiger partial charge in [-0.3, -0.25) is 9.55 Å². The summed E-state index contributed by atoms with van der Waals surface area (Å²) in [6.07, 6.45) is 3.83. The van der Waals surface area contributed by atoms with Gasteiger partial charge in [0.05, 0.1) is 24.5 Å². The molecular weight excluding hydrogens is 424 g/mol. The molecule has 33 heavy (non-hydrogen) atoms.